The largest absolute Gasteiger partial charge is 0.369 e. The standard InChI is InChI=1S/C14H20N2O2/c1-16-10-6-9-12(13(15)17)14(16,18-2)11-7-4-3-5-8-11/h3-5,7-8,12H,6,9-10H2,1-2H3,(H2,15,17). The van der Waals surface area contributed by atoms with Crippen LogP contribution in [0.15, 0.2) is 30.3 Å². The molecule has 2 atom stereocenters. The maximum absolute atomic E-state index is 11.8. The molecule has 0 aromatic heterocycles. The molecular weight excluding hydrogens is 228 g/mol. The lowest BCUT2D eigenvalue weighted by Gasteiger charge is -2.48. The Morgan fingerprint density at radius 1 is 1.44 bits per heavy atom. The van der Waals surface area contributed by atoms with Gasteiger partial charge in [-0.05, 0) is 25.5 Å². The maximum atomic E-state index is 11.8. The molecule has 0 aliphatic carbocycles. The minimum absolute atomic E-state index is 0.299. The molecule has 1 amide bonds. The van der Waals surface area contributed by atoms with Crippen LogP contribution >= 0.6 is 0 Å². The first-order chi connectivity index (χ1) is 8.63. The predicted octanol–water partition coefficient (Wildman–Crippen LogP) is 1.31. The number of nitrogens with zero attached hydrogens (tertiary/aromatic N) is 1. The second-order valence-electron chi connectivity index (χ2n) is 4.79. The van der Waals surface area contributed by atoms with Crippen molar-refractivity contribution in [2.75, 3.05) is 20.7 Å². The van der Waals surface area contributed by atoms with Crippen molar-refractivity contribution < 1.29 is 9.53 Å². The molecular formula is C14H20N2O2. The zero-order valence-corrected chi connectivity index (χ0v) is 10.9. The molecule has 1 aliphatic heterocycles. The lowest BCUT2D eigenvalue weighted by atomic mass is 9.80. The van der Waals surface area contributed by atoms with Gasteiger partial charge in [-0.1, -0.05) is 30.3 Å². The lowest BCUT2D eigenvalue weighted by molar-refractivity contribution is -0.193. The van der Waals surface area contributed by atoms with Gasteiger partial charge in [0.1, 0.15) is 0 Å². The van der Waals surface area contributed by atoms with Gasteiger partial charge in [0, 0.05) is 13.7 Å². The average Bonchev–Trinajstić information content (AvgIpc) is 2.39. The molecule has 1 aromatic rings. The Morgan fingerprint density at radius 3 is 2.67 bits per heavy atom. The minimum Gasteiger partial charge on any atom is -0.369 e. The van der Waals surface area contributed by atoms with Crippen LogP contribution in [0.5, 0.6) is 0 Å². The SMILES string of the molecule is COC1(c2ccccc2)C(C(N)=O)CCCN1C. The summed E-state index contributed by atoms with van der Waals surface area (Å²) in [6.45, 7) is 0.895. The normalized spacial score (nSPS) is 29.1. The molecule has 18 heavy (non-hydrogen) atoms. The smallest absolute Gasteiger partial charge is 0.225 e. The van der Waals surface area contributed by atoms with Crippen molar-refractivity contribution in [3.8, 4) is 0 Å². The fourth-order valence-electron chi connectivity index (χ4n) is 3.01. The molecule has 1 heterocycles. The van der Waals surface area contributed by atoms with Gasteiger partial charge in [0.05, 0.1) is 5.92 Å². The number of nitrogens with two attached hydrogens (primary N) is 1. The second kappa shape index (κ2) is 5.08. The summed E-state index contributed by atoms with van der Waals surface area (Å²) in [5, 5.41) is 0. The Bertz CT molecular complexity index is 421. The molecule has 1 fully saturated rings. The second-order valence-corrected chi connectivity index (χ2v) is 4.79. The number of carbonyl (C=O) groups excluding carboxylic acids is 1. The van der Waals surface area contributed by atoms with E-state index in [0.717, 1.165) is 24.9 Å². The number of hydrogen-bond donors (Lipinski definition) is 1. The molecule has 98 valence electrons. The van der Waals surface area contributed by atoms with E-state index in [9.17, 15) is 4.79 Å². The van der Waals surface area contributed by atoms with Crippen LogP contribution in [0.25, 0.3) is 0 Å². The van der Waals surface area contributed by atoms with Gasteiger partial charge in [-0.15, -0.1) is 0 Å². The van der Waals surface area contributed by atoms with E-state index in [1.165, 1.54) is 0 Å². The summed E-state index contributed by atoms with van der Waals surface area (Å²) >= 11 is 0. The zero-order valence-electron chi connectivity index (χ0n) is 10.9. The Kier molecular flexibility index (Phi) is 3.68. The van der Waals surface area contributed by atoms with E-state index in [0.29, 0.717) is 0 Å². The number of rotatable bonds is 3. The molecule has 0 bridgehead atoms. The van der Waals surface area contributed by atoms with Gasteiger partial charge < -0.3 is 10.5 Å². The molecule has 4 heteroatoms. The first kappa shape index (κ1) is 13.1. The predicted molar refractivity (Wildman–Crippen MR) is 69.7 cm³/mol. The molecule has 2 unspecified atom stereocenters. The molecule has 2 N–H and O–H groups in total. The highest BCUT2D eigenvalue weighted by atomic mass is 16.5. The maximum Gasteiger partial charge on any atom is 0.225 e. The Morgan fingerprint density at radius 2 is 2.11 bits per heavy atom. The molecule has 1 saturated heterocycles. The van der Waals surface area contributed by atoms with Crippen LogP contribution in [-0.4, -0.2) is 31.5 Å². The van der Waals surface area contributed by atoms with Gasteiger partial charge in [0.25, 0.3) is 0 Å². The van der Waals surface area contributed by atoms with E-state index in [4.69, 9.17) is 10.5 Å². The summed E-state index contributed by atoms with van der Waals surface area (Å²) in [6, 6.07) is 9.84. The van der Waals surface area contributed by atoms with E-state index in [-0.39, 0.29) is 11.8 Å². The molecule has 1 aliphatic rings. The van der Waals surface area contributed by atoms with Gasteiger partial charge in [0.2, 0.25) is 5.91 Å². The van der Waals surface area contributed by atoms with E-state index < -0.39 is 5.72 Å². The summed E-state index contributed by atoms with van der Waals surface area (Å²) in [4.78, 5) is 13.8. The summed E-state index contributed by atoms with van der Waals surface area (Å²) in [6.07, 6.45) is 1.73. The molecule has 0 radical (unpaired) electrons. The van der Waals surface area contributed by atoms with Gasteiger partial charge >= 0.3 is 0 Å². The van der Waals surface area contributed by atoms with Gasteiger partial charge in [0.15, 0.2) is 5.72 Å². The van der Waals surface area contributed by atoms with Crippen molar-refractivity contribution >= 4 is 5.91 Å². The number of carbonyl (C=O) groups is 1. The van der Waals surface area contributed by atoms with Crippen molar-refractivity contribution in [3.05, 3.63) is 35.9 Å². The van der Waals surface area contributed by atoms with E-state index in [2.05, 4.69) is 4.90 Å². The summed E-state index contributed by atoms with van der Waals surface area (Å²) in [7, 11) is 3.62. The van der Waals surface area contributed by atoms with Crippen LogP contribution in [0.2, 0.25) is 0 Å². The quantitative estimate of drug-likeness (QED) is 0.877. The third-order valence-electron chi connectivity index (χ3n) is 3.87. The lowest BCUT2D eigenvalue weighted by Crippen LogP contribution is -2.57. The summed E-state index contributed by atoms with van der Waals surface area (Å²) < 4.78 is 5.78. The fourth-order valence-corrected chi connectivity index (χ4v) is 3.01. The molecule has 0 saturated carbocycles. The van der Waals surface area contributed by atoms with Crippen molar-refractivity contribution in [1.82, 2.24) is 4.90 Å². The zero-order chi connectivity index (χ0) is 13.2. The van der Waals surface area contributed by atoms with Crippen LogP contribution in [0, 0.1) is 5.92 Å². The van der Waals surface area contributed by atoms with Crippen LogP contribution in [-0.2, 0) is 15.3 Å². The number of hydrogen-bond acceptors (Lipinski definition) is 3. The summed E-state index contributed by atoms with van der Waals surface area (Å²) in [5.41, 5.74) is 5.83. The molecule has 0 spiro atoms. The molecule has 1 aromatic carbocycles. The Balaban J connectivity index is 2.52. The number of primary amides is 1. The third kappa shape index (κ3) is 1.91. The Hall–Kier alpha value is -1.39. The monoisotopic (exact) mass is 248 g/mol. The highest BCUT2D eigenvalue weighted by Gasteiger charge is 2.49. The first-order valence-electron chi connectivity index (χ1n) is 6.24. The van der Waals surface area contributed by atoms with Crippen molar-refractivity contribution in [2.45, 2.75) is 18.6 Å². The summed E-state index contributed by atoms with van der Waals surface area (Å²) in [5.74, 6) is -0.615. The average molecular weight is 248 g/mol. The number of ether oxygens (including phenoxy) is 1. The number of piperidine rings is 1. The number of amides is 1. The van der Waals surface area contributed by atoms with Crippen LogP contribution in [0.3, 0.4) is 0 Å². The van der Waals surface area contributed by atoms with Gasteiger partial charge in [-0.25, -0.2) is 0 Å². The molecule has 2 rings (SSSR count). The Labute approximate surface area is 108 Å². The van der Waals surface area contributed by atoms with Crippen LogP contribution in [0.4, 0.5) is 0 Å². The van der Waals surface area contributed by atoms with Crippen molar-refractivity contribution in [3.63, 3.8) is 0 Å². The number of likely N-dealkylation sites (tertiary alicyclic amines) is 1. The van der Waals surface area contributed by atoms with Gasteiger partial charge in [-0.3, -0.25) is 9.69 Å². The van der Waals surface area contributed by atoms with Crippen LogP contribution in [0.1, 0.15) is 18.4 Å². The van der Waals surface area contributed by atoms with Crippen molar-refractivity contribution in [1.29, 1.82) is 0 Å². The molecule has 4 nitrogen and oxygen atoms in total. The number of benzene rings is 1. The van der Waals surface area contributed by atoms with Crippen molar-refractivity contribution in [2.24, 2.45) is 11.7 Å². The van der Waals surface area contributed by atoms with Gasteiger partial charge in [-0.2, -0.15) is 0 Å². The van der Waals surface area contributed by atoms with E-state index in [1.54, 1.807) is 7.11 Å². The number of methoxy groups -OCH3 is 1. The first-order valence-corrected chi connectivity index (χ1v) is 6.24. The van der Waals surface area contributed by atoms with E-state index in [1.807, 2.05) is 37.4 Å². The van der Waals surface area contributed by atoms with Crippen LogP contribution < -0.4 is 5.73 Å². The van der Waals surface area contributed by atoms with E-state index >= 15 is 0 Å². The third-order valence-corrected chi connectivity index (χ3v) is 3.87. The highest BCUT2D eigenvalue weighted by molar-refractivity contribution is 5.78. The highest BCUT2D eigenvalue weighted by Crippen LogP contribution is 2.41. The minimum atomic E-state index is -0.731. The topological polar surface area (TPSA) is 55.6 Å². The fraction of sp³-hybridized carbons (Fsp3) is 0.500.